The maximum atomic E-state index is 12.2. The number of amides is 2. The zero-order valence-electron chi connectivity index (χ0n) is 13.0. The van der Waals surface area contributed by atoms with Crippen LogP contribution in [0.4, 0.5) is 4.79 Å². The topological polar surface area (TPSA) is 72.9 Å². The van der Waals surface area contributed by atoms with Gasteiger partial charge in [0.25, 0.3) is 0 Å². The van der Waals surface area contributed by atoms with Crippen molar-refractivity contribution in [1.82, 2.24) is 15.1 Å². The lowest BCUT2D eigenvalue weighted by Gasteiger charge is -2.47. The minimum Gasteiger partial charge on any atom is -0.481 e. The molecule has 0 aliphatic heterocycles. The second kappa shape index (κ2) is 6.92. The molecular formula is C14H27N3O3. The number of aliphatic carboxylic acids is 1. The predicted molar refractivity (Wildman–Crippen MR) is 77.8 cm³/mol. The first-order valence-electron chi connectivity index (χ1n) is 7.22. The van der Waals surface area contributed by atoms with Crippen molar-refractivity contribution in [2.75, 3.05) is 27.2 Å². The molecule has 0 aromatic heterocycles. The third kappa shape index (κ3) is 4.10. The van der Waals surface area contributed by atoms with Crippen LogP contribution in [0, 0.1) is 0 Å². The van der Waals surface area contributed by atoms with Gasteiger partial charge in [-0.15, -0.1) is 0 Å². The van der Waals surface area contributed by atoms with E-state index in [1.165, 1.54) is 6.42 Å². The Morgan fingerprint density at radius 1 is 1.30 bits per heavy atom. The predicted octanol–water partition coefficient (Wildman–Crippen LogP) is 1.37. The summed E-state index contributed by atoms with van der Waals surface area (Å²) in [5, 5.41) is 11.7. The maximum absolute atomic E-state index is 12.2. The molecule has 2 amide bonds. The summed E-state index contributed by atoms with van der Waals surface area (Å²) in [5.41, 5.74) is 0.0745. The molecule has 6 nitrogen and oxygen atoms in total. The second-order valence-corrected chi connectivity index (χ2v) is 6.06. The molecule has 1 aliphatic rings. The van der Waals surface area contributed by atoms with Gasteiger partial charge in [0, 0.05) is 24.7 Å². The van der Waals surface area contributed by atoms with Crippen molar-refractivity contribution in [3.63, 3.8) is 0 Å². The summed E-state index contributed by atoms with van der Waals surface area (Å²) >= 11 is 0. The van der Waals surface area contributed by atoms with Crippen molar-refractivity contribution in [3.05, 3.63) is 0 Å². The van der Waals surface area contributed by atoms with E-state index < -0.39 is 5.97 Å². The molecule has 2 N–H and O–H groups in total. The van der Waals surface area contributed by atoms with Crippen LogP contribution in [0.1, 0.15) is 39.5 Å². The summed E-state index contributed by atoms with van der Waals surface area (Å²) in [6, 6.07) is -0.180. The Balaban J connectivity index is 2.51. The quantitative estimate of drug-likeness (QED) is 0.741. The number of carboxylic acids is 1. The van der Waals surface area contributed by atoms with E-state index in [1.54, 1.807) is 4.90 Å². The van der Waals surface area contributed by atoms with Gasteiger partial charge in [0.1, 0.15) is 0 Å². The molecule has 1 aliphatic carbocycles. The van der Waals surface area contributed by atoms with Gasteiger partial charge in [-0.1, -0.05) is 0 Å². The highest BCUT2D eigenvalue weighted by Gasteiger charge is 2.39. The normalized spacial score (nSPS) is 16.9. The Morgan fingerprint density at radius 3 is 2.25 bits per heavy atom. The molecule has 0 unspecified atom stereocenters. The lowest BCUT2D eigenvalue weighted by atomic mass is 9.75. The van der Waals surface area contributed by atoms with Crippen LogP contribution >= 0.6 is 0 Å². The summed E-state index contributed by atoms with van der Waals surface area (Å²) in [4.78, 5) is 26.6. The highest BCUT2D eigenvalue weighted by Crippen LogP contribution is 2.35. The van der Waals surface area contributed by atoms with Gasteiger partial charge in [0.05, 0.1) is 6.42 Å². The van der Waals surface area contributed by atoms with E-state index >= 15 is 0 Å². The summed E-state index contributed by atoms with van der Waals surface area (Å²) in [5.74, 6) is -0.882. The molecule has 0 atom stereocenters. The first kappa shape index (κ1) is 16.8. The second-order valence-electron chi connectivity index (χ2n) is 6.06. The van der Waals surface area contributed by atoms with Crippen LogP contribution < -0.4 is 5.32 Å². The van der Waals surface area contributed by atoms with Crippen LogP contribution in [-0.4, -0.2) is 65.7 Å². The first-order valence-corrected chi connectivity index (χ1v) is 7.22. The van der Waals surface area contributed by atoms with E-state index in [0.717, 1.165) is 12.8 Å². The lowest BCUT2D eigenvalue weighted by Crippen LogP contribution is -2.59. The van der Waals surface area contributed by atoms with Crippen LogP contribution in [0.15, 0.2) is 0 Å². The largest absolute Gasteiger partial charge is 0.481 e. The number of hydrogen-bond acceptors (Lipinski definition) is 3. The molecule has 6 heteroatoms. The maximum Gasteiger partial charge on any atom is 0.317 e. The molecule has 116 valence electrons. The van der Waals surface area contributed by atoms with E-state index in [-0.39, 0.29) is 30.6 Å². The van der Waals surface area contributed by atoms with Gasteiger partial charge < -0.3 is 20.2 Å². The minimum absolute atomic E-state index is 0.00829. The van der Waals surface area contributed by atoms with Crippen LogP contribution in [-0.2, 0) is 4.79 Å². The molecule has 0 radical (unpaired) electrons. The Labute approximate surface area is 121 Å². The standard InChI is InChI=1S/C14H27N3O3/c1-11(2)17(9-6-12(18)19)13(20)15-10-14(16(3)4)7-5-8-14/h11H,5-10H2,1-4H3,(H,15,20)(H,18,19). The van der Waals surface area contributed by atoms with Crippen LogP contribution in [0.3, 0.4) is 0 Å². The van der Waals surface area contributed by atoms with Crippen molar-refractivity contribution in [3.8, 4) is 0 Å². The van der Waals surface area contributed by atoms with Crippen molar-refractivity contribution in [2.24, 2.45) is 0 Å². The highest BCUT2D eigenvalue weighted by atomic mass is 16.4. The molecule has 0 aromatic carbocycles. The smallest absolute Gasteiger partial charge is 0.317 e. The molecule has 1 rings (SSSR count). The van der Waals surface area contributed by atoms with Crippen LogP contribution in [0.25, 0.3) is 0 Å². The summed E-state index contributed by atoms with van der Waals surface area (Å²) in [7, 11) is 4.08. The van der Waals surface area contributed by atoms with Gasteiger partial charge in [-0.05, 0) is 47.2 Å². The fraction of sp³-hybridized carbons (Fsp3) is 0.857. The van der Waals surface area contributed by atoms with Crippen molar-refractivity contribution in [2.45, 2.75) is 51.1 Å². The number of likely N-dealkylation sites (N-methyl/N-ethyl adjacent to an activating group) is 1. The monoisotopic (exact) mass is 285 g/mol. The number of carbonyl (C=O) groups excluding carboxylic acids is 1. The number of carboxylic acid groups (broad SMARTS) is 1. The third-order valence-corrected chi connectivity index (χ3v) is 4.25. The van der Waals surface area contributed by atoms with Gasteiger partial charge in [0.15, 0.2) is 0 Å². The third-order valence-electron chi connectivity index (χ3n) is 4.25. The van der Waals surface area contributed by atoms with Gasteiger partial charge in [-0.2, -0.15) is 0 Å². The first-order chi connectivity index (χ1) is 9.28. The molecule has 1 fully saturated rings. The number of urea groups is 1. The van der Waals surface area contributed by atoms with Crippen molar-refractivity contribution >= 4 is 12.0 Å². The van der Waals surface area contributed by atoms with Crippen molar-refractivity contribution < 1.29 is 14.7 Å². The zero-order valence-corrected chi connectivity index (χ0v) is 13.0. The number of nitrogens with one attached hydrogen (secondary N) is 1. The highest BCUT2D eigenvalue weighted by molar-refractivity contribution is 5.75. The van der Waals surface area contributed by atoms with Gasteiger partial charge in [-0.25, -0.2) is 4.79 Å². The average Bonchev–Trinajstić information content (AvgIpc) is 2.26. The van der Waals surface area contributed by atoms with E-state index in [2.05, 4.69) is 10.2 Å². The Bertz CT molecular complexity index is 352. The molecular weight excluding hydrogens is 258 g/mol. The molecule has 0 aromatic rings. The number of rotatable bonds is 7. The molecule has 0 spiro atoms. The lowest BCUT2D eigenvalue weighted by molar-refractivity contribution is -0.137. The summed E-state index contributed by atoms with van der Waals surface area (Å²) in [6.07, 6.45) is 3.36. The number of carbonyl (C=O) groups is 2. The van der Waals surface area contributed by atoms with Crippen molar-refractivity contribution in [1.29, 1.82) is 0 Å². The zero-order chi connectivity index (χ0) is 15.3. The van der Waals surface area contributed by atoms with E-state index in [1.807, 2.05) is 27.9 Å². The van der Waals surface area contributed by atoms with E-state index in [9.17, 15) is 9.59 Å². The van der Waals surface area contributed by atoms with Crippen LogP contribution in [0.5, 0.6) is 0 Å². The number of nitrogens with zero attached hydrogens (tertiary/aromatic N) is 2. The summed E-state index contributed by atoms with van der Waals surface area (Å²) < 4.78 is 0. The van der Waals surface area contributed by atoms with Gasteiger partial charge in [0.2, 0.25) is 0 Å². The van der Waals surface area contributed by atoms with Gasteiger partial charge in [-0.3, -0.25) is 4.79 Å². The molecule has 0 bridgehead atoms. The van der Waals surface area contributed by atoms with Crippen LogP contribution in [0.2, 0.25) is 0 Å². The Hall–Kier alpha value is -1.30. The SMILES string of the molecule is CC(C)N(CCC(=O)O)C(=O)NCC1(N(C)C)CCC1. The Kier molecular flexibility index (Phi) is 5.80. The summed E-state index contributed by atoms with van der Waals surface area (Å²) in [6.45, 7) is 4.65. The average molecular weight is 285 g/mol. The van der Waals surface area contributed by atoms with E-state index in [4.69, 9.17) is 5.11 Å². The van der Waals surface area contributed by atoms with Gasteiger partial charge >= 0.3 is 12.0 Å². The molecule has 1 saturated carbocycles. The molecule has 20 heavy (non-hydrogen) atoms. The minimum atomic E-state index is -0.882. The fourth-order valence-corrected chi connectivity index (χ4v) is 2.52. The fourth-order valence-electron chi connectivity index (χ4n) is 2.52. The molecule has 0 saturated heterocycles. The Morgan fingerprint density at radius 2 is 1.90 bits per heavy atom. The molecule has 0 heterocycles. The van der Waals surface area contributed by atoms with E-state index in [0.29, 0.717) is 6.54 Å². The number of hydrogen-bond donors (Lipinski definition) is 2.